The molecule has 8 aromatic carbocycles. The van der Waals surface area contributed by atoms with Crippen molar-refractivity contribution in [2.45, 2.75) is 33.1 Å². The molecule has 11 aromatic rings. The number of hydrogen-bond donors (Lipinski definition) is 3. The van der Waals surface area contributed by atoms with Gasteiger partial charge in [-0.3, -0.25) is 0 Å². The van der Waals surface area contributed by atoms with E-state index in [4.69, 9.17) is 9.97 Å². The van der Waals surface area contributed by atoms with E-state index < -0.39 is 11.4 Å². The van der Waals surface area contributed by atoms with Crippen LogP contribution in [0.25, 0.3) is 46.4 Å². The number of carbonyl (C=O) groups is 1. The van der Waals surface area contributed by atoms with Crippen LogP contribution < -0.4 is 9.80 Å². The molecule has 0 unspecified atom stereocenters. The van der Waals surface area contributed by atoms with Crippen molar-refractivity contribution in [1.82, 2.24) is 19.9 Å². The first-order chi connectivity index (χ1) is 41.1. The van der Waals surface area contributed by atoms with Gasteiger partial charge in [0.05, 0.1) is 67.2 Å². The molecule has 0 amide bonds. The van der Waals surface area contributed by atoms with Crippen LogP contribution in [0, 0.1) is 39.5 Å². The molecule has 8 bridgehead atoms. The summed E-state index contributed by atoms with van der Waals surface area (Å²) in [5, 5.41) is 9.80. The van der Waals surface area contributed by atoms with E-state index in [2.05, 4.69) is 296 Å². The van der Waals surface area contributed by atoms with Gasteiger partial charge in [-0.1, -0.05) is 174 Å². The van der Waals surface area contributed by atoms with Crippen molar-refractivity contribution < 1.29 is 9.90 Å². The number of H-pyrrole nitrogens is 2. The molecular weight excluding hydrogens is 1030 g/mol. The van der Waals surface area contributed by atoms with Crippen molar-refractivity contribution in [3.8, 4) is 11.8 Å². The first-order valence-electron chi connectivity index (χ1n) is 28.1. The lowest BCUT2D eigenvalue weighted by molar-refractivity contribution is 0.0697. The molecule has 84 heavy (non-hydrogen) atoms. The third kappa shape index (κ3) is 9.84. The lowest BCUT2D eigenvalue weighted by Gasteiger charge is -2.37. The smallest absolute Gasteiger partial charge is 0.335 e. The van der Waals surface area contributed by atoms with Crippen LogP contribution in [0.2, 0.25) is 0 Å². The summed E-state index contributed by atoms with van der Waals surface area (Å²) in [5.41, 5.74) is 20.8. The number of hydrogen-bond acceptors (Lipinski definition) is 5. The number of nitrogens with zero attached hydrogens (tertiary/aromatic N) is 4. The molecule has 0 saturated carbocycles. The minimum Gasteiger partial charge on any atom is -0.478 e. The van der Waals surface area contributed by atoms with Gasteiger partial charge in [0.25, 0.3) is 0 Å². The number of rotatable bonds is 11. The molecule has 8 heteroatoms. The van der Waals surface area contributed by atoms with E-state index in [9.17, 15) is 9.90 Å². The van der Waals surface area contributed by atoms with Crippen LogP contribution in [0.3, 0.4) is 0 Å². The zero-order valence-corrected chi connectivity index (χ0v) is 47.0. The maximum absolute atomic E-state index is 12.0. The standard InChI is InChI=1S/C76H58N6O2/c1-50-20-33-59(34-21-50)81(60-35-22-51(2)23-36-60)73-68-46-43-65(78-68)63(41-30-54-28-31-55(32-29-54)75(83)84)64-42-44-66(77-64)72(76(56-14-8-5-9-15-56,57-16-10-6-11-17-57)58-18-12-7-13-19-58)67-45-47-69(79-67)74(71-49-48-70(73)80-71)82(61-37-24-52(3)25-38-61)62-39-26-53(4)27-40-62/h5-29,31-40,42-49,78-79H,1-4H3,(H,83,84). The maximum Gasteiger partial charge on any atom is 0.335 e. The molecule has 0 radical (unpaired) electrons. The van der Waals surface area contributed by atoms with Gasteiger partial charge in [-0.05, 0) is 166 Å². The number of carboxylic acid groups (broad SMARTS) is 1. The zero-order chi connectivity index (χ0) is 57.3. The fourth-order valence-corrected chi connectivity index (χ4v) is 11.6. The summed E-state index contributed by atoms with van der Waals surface area (Å²) in [7, 11) is 0. The monoisotopic (exact) mass is 1090 g/mol. The number of aromatic carboxylic acids is 1. The fourth-order valence-electron chi connectivity index (χ4n) is 11.6. The third-order valence-corrected chi connectivity index (χ3v) is 15.8. The molecule has 2 aliphatic heterocycles. The minimum atomic E-state index is -1.000. The number of nitrogens with one attached hydrogen (secondary N) is 2. The first kappa shape index (κ1) is 52.4. The summed E-state index contributed by atoms with van der Waals surface area (Å²) in [4.78, 5) is 36.2. The molecule has 13 rings (SSSR count). The Kier molecular flexibility index (Phi) is 13.8. The van der Waals surface area contributed by atoms with Crippen LogP contribution in [0.15, 0.2) is 237 Å². The Hall–Kier alpha value is -11.0. The first-order valence-corrected chi connectivity index (χ1v) is 28.1. The molecule has 5 heterocycles. The highest BCUT2D eigenvalue weighted by molar-refractivity contribution is 5.99. The van der Waals surface area contributed by atoms with E-state index in [1.54, 1.807) is 24.3 Å². The zero-order valence-electron chi connectivity index (χ0n) is 47.0. The predicted octanol–water partition coefficient (Wildman–Crippen LogP) is 18.3. The van der Waals surface area contributed by atoms with Gasteiger partial charge in [0.15, 0.2) is 0 Å². The summed E-state index contributed by atoms with van der Waals surface area (Å²) in [6.07, 6.45) is 8.45. The highest BCUT2D eigenvalue weighted by Crippen LogP contribution is 2.50. The Morgan fingerprint density at radius 1 is 0.393 bits per heavy atom. The molecular formula is C76H58N6O2. The van der Waals surface area contributed by atoms with Crippen molar-refractivity contribution in [2.75, 3.05) is 9.80 Å². The van der Waals surface area contributed by atoms with Crippen molar-refractivity contribution in [2.24, 2.45) is 0 Å². The lowest BCUT2D eigenvalue weighted by Crippen LogP contribution is -2.32. The molecule has 0 atom stereocenters. The van der Waals surface area contributed by atoms with Gasteiger partial charge in [-0.2, -0.15) is 0 Å². The average Bonchev–Trinajstić information content (AvgIpc) is 1.80. The van der Waals surface area contributed by atoms with E-state index in [0.717, 1.165) is 118 Å². The number of aromatic nitrogens is 4. The number of benzene rings is 8. The SMILES string of the molecule is Cc1ccc(N(c2ccc(C)cc2)c2c3nc(c(N(c4ccc(C)cc4)c4ccc(C)cc4)c4ccc([nH]4)c(C(c4ccccc4)(c4ccccc4)c4ccccc4)c4nc(c(C#Cc5ccc(C(=O)O)cc5)c5ccc2[nH]5)C=C4)C=C3)cc1. The molecule has 0 fully saturated rings. The number of aromatic amines is 2. The summed E-state index contributed by atoms with van der Waals surface area (Å²) in [6.45, 7) is 8.44. The van der Waals surface area contributed by atoms with E-state index in [1.807, 2.05) is 0 Å². The molecule has 3 N–H and O–H groups in total. The molecule has 0 aliphatic carbocycles. The van der Waals surface area contributed by atoms with E-state index in [0.29, 0.717) is 16.8 Å². The van der Waals surface area contributed by atoms with Gasteiger partial charge in [0.2, 0.25) is 0 Å². The van der Waals surface area contributed by atoms with Crippen LogP contribution in [0.5, 0.6) is 0 Å². The molecule has 0 spiro atoms. The largest absolute Gasteiger partial charge is 0.478 e. The minimum absolute atomic E-state index is 0.185. The third-order valence-electron chi connectivity index (χ3n) is 15.8. The number of aryl methyl sites for hydroxylation is 4. The predicted molar refractivity (Wildman–Crippen MR) is 345 cm³/mol. The van der Waals surface area contributed by atoms with Crippen molar-refractivity contribution >= 4 is 86.5 Å². The second-order valence-corrected chi connectivity index (χ2v) is 21.4. The maximum atomic E-state index is 12.0. The van der Waals surface area contributed by atoms with E-state index in [1.165, 1.54) is 0 Å². The van der Waals surface area contributed by atoms with E-state index >= 15 is 0 Å². The number of anilines is 6. The van der Waals surface area contributed by atoms with Crippen molar-refractivity contribution in [1.29, 1.82) is 0 Å². The molecule has 0 saturated heterocycles. The summed E-state index contributed by atoms with van der Waals surface area (Å²) in [6, 6.07) is 82.0. The fraction of sp³-hybridized carbons (Fsp3) is 0.0658. The topological polar surface area (TPSA) is 101 Å². The molecule has 8 nitrogen and oxygen atoms in total. The Morgan fingerprint density at radius 2 is 0.750 bits per heavy atom. The number of carboxylic acids is 1. The van der Waals surface area contributed by atoms with Gasteiger partial charge < -0.3 is 24.9 Å². The van der Waals surface area contributed by atoms with Gasteiger partial charge >= 0.3 is 5.97 Å². The van der Waals surface area contributed by atoms with Crippen LogP contribution in [-0.2, 0) is 5.41 Å². The molecule has 2 aliphatic rings. The second kappa shape index (κ2) is 22.1. The Bertz CT molecular complexity index is 4380. The van der Waals surface area contributed by atoms with Gasteiger partial charge in [0.1, 0.15) is 0 Å². The molecule has 3 aromatic heterocycles. The van der Waals surface area contributed by atoms with E-state index in [-0.39, 0.29) is 5.56 Å². The second-order valence-electron chi connectivity index (χ2n) is 21.4. The lowest BCUT2D eigenvalue weighted by atomic mass is 9.64. The van der Waals surface area contributed by atoms with Crippen molar-refractivity contribution in [3.63, 3.8) is 0 Å². The normalized spacial score (nSPS) is 11.7. The summed E-state index contributed by atoms with van der Waals surface area (Å²) < 4.78 is 0. The van der Waals surface area contributed by atoms with Gasteiger partial charge in [-0.15, -0.1) is 0 Å². The Morgan fingerprint density at radius 3 is 1.17 bits per heavy atom. The van der Waals surface area contributed by atoms with Crippen molar-refractivity contribution in [3.05, 3.63) is 321 Å². The summed E-state index contributed by atoms with van der Waals surface area (Å²) in [5.74, 6) is 5.97. The quantitative estimate of drug-likeness (QED) is 0.0881. The Balaban J connectivity index is 1.24. The van der Waals surface area contributed by atoms with Crippen LogP contribution in [0.4, 0.5) is 34.1 Å². The van der Waals surface area contributed by atoms with Crippen LogP contribution in [-0.4, -0.2) is 31.0 Å². The summed E-state index contributed by atoms with van der Waals surface area (Å²) >= 11 is 0. The highest BCUT2D eigenvalue weighted by Gasteiger charge is 2.42. The van der Waals surface area contributed by atoms with Crippen LogP contribution >= 0.6 is 0 Å². The molecule has 404 valence electrons. The van der Waals surface area contributed by atoms with Crippen LogP contribution in [0.1, 0.15) is 88.8 Å². The number of fused-ring (bicyclic) bond motifs is 8. The average molecular weight is 1090 g/mol. The van der Waals surface area contributed by atoms with Gasteiger partial charge in [0, 0.05) is 39.4 Å². The Labute approximate surface area is 489 Å². The van der Waals surface area contributed by atoms with Gasteiger partial charge in [-0.25, -0.2) is 14.8 Å². The highest BCUT2D eigenvalue weighted by atomic mass is 16.4.